The molecule has 0 atom stereocenters. The van der Waals surface area contributed by atoms with Crippen molar-refractivity contribution in [2.75, 3.05) is 0 Å². The minimum absolute atomic E-state index is 0.178. The average Bonchev–Trinajstić information content (AvgIpc) is 2.76. The lowest BCUT2D eigenvalue weighted by molar-refractivity contribution is -0.268. The Hall–Kier alpha value is -2.30. The van der Waals surface area contributed by atoms with Gasteiger partial charge in [-0.25, -0.2) is 9.78 Å². The van der Waals surface area contributed by atoms with Gasteiger partial charge in [0.1, 0.15) is 5.82 Å². The maximum Gasteiger partial charge on any atom is 0.335 e. The second kappa shape index (κ2) is 6.58. The lowest BCUT2D eigenvalue weighted by atomic mass is 10.2. The van der Waals surface area contributed by atoms with E-state index in [9.17, 15) is 9.90 Å². The summed E-state index contributed by atoms with van der Waals surface area (Å²) in [6.45, 7) is 6.31. The van der Waals surface area contributed by atoms with Crippen molar-refractivity contribution in [1.29, 1.82) is 0 Å². The summed E-state index contributed by atoms with van der Waals surface area (Å²) in [7, 11) is 0. The van der Waals surface area contributed by atoms with Crippen molar-refractivity contribution in [3.8, 4) is 5.75 Å². The molecule has 0 spiro atoms. The van der Waals surface area contributed by atoms with E-state index in [1.165, 1.54) is 24.3 Å². The number of benzene rings is 1. The van der Waals surface area contributed by atoms with E-state index >= 15 is 0 Å². The van der Waals surface area contributed by atoms with Gasteiger partial charge in [0.2, 0.25) is 0 Å². The molecule has 0 amide bonds. The number of carbonyl (C=O) groups is 1. The van der Waals surface area contributed by atoms with E-state index in [0.717, 1.165) is 5.82 Å². The average molecular weight is 261 g/mol. The molecule has 0 aliphatic rings. The van der Waals surface area contributed by atoms with Crippen LogP contribution in [0.3, 0.4) is 0 Å². The molecule has 0 aliphatic carbocycles. The van der Waals surface area contributed by atoms with Crippen LogP contribution in [0, 0.1) is 6.92 Å². The number of carboxylic acids is 1. The molecule has 0 saturated heterocycles. The molecule has 5 nitrogen and oxygen atoms in total. The van der Waals surface area contributed by atoms with Gasteiger partial charge in [0.15, 0.2) is 0 Å². The fourth-order valence-electron chi connectivity index (χ4n) is 1.58. The maximum absolute atomic E-state index is 10.7. The molecule has 1 aromatic heterocycles. The van der Waals surface area contributed by atoms with Gasteiger partial charge in [-0.15, -0.1) is 0 Å². The molecule has 102 valence electrons. The highest BCUT2D eigenvalue weighted by atomic mass is 16.4. The quantitative estimate of drug-likeness (QED) is 0.899. The van der Waals surface area contributed by atoms with Crippen LogP contribution in [0.25, 0.3) is 0 Å². The molecule has 1 N–H and O–H groups in total. The summed E-state index contributed by atoms with van der Waals surface area (Å²) in [5.41, 5.74) is -0.178. The van der Waals surface area contributed by atoms with Crippen LogP contribution in [0.15, 0.2) is 36.7 Å². The molecule has 1 aromatic carbocycles. The summed E-state index contributed by atoms with van der Waals surface area (Å²) in [5, 5.41) is 19.0. The van der Waals surface area contributed by atoms with Gasteiger partial charge in [-0.1, -0.05) is 23.9 Å². The lowest BCUT2D eigenvalue weighted by Gasteiger charge is -2.07. The second-order valence-electron chi connectivity index (χ2n) is 4.28. The Labute approximate surface area is 112 Å². The van der Waals surface area contributed by atoms with E-state index in [2.05, 4.69) is 23.4 Å². The van der Waals surface area contributed by atoms with Crippen LogP contribution >= 0.6 is 0 Å². The first-order chi connectivity index (χ1) is 8.93. The van der Waals surface area contributed by atoms with Gasteiger partial charge in [-0.05, 0) is 26.8 Å². The standard InChI is InChI=1S/C7H12N2.C7H6O3/c1-6(2)9-5-4-8-7(9)3;8-6-4-2-1-3-5(6)7(9)10/h4-6H,1-3H3;1-4,8H,(H,9,10)/p-1. The van der Waals surface area contributed by atoms with Crippen LogP contribution in [0.1, 0.15) is 36.1 Å². The smallest absolute Gasteiger partial charge is 0.335 e. The minimum Gasteiger partial charge on any atom is -0.872 e. The number of aromatic nitrogens is 2. The van der Waals surface area contributed by atoms with Gasteiger partial charge in [-0.2, -0.15) is 0 Å². The molecule has 0 unspecified atom stereocenters. The third-order valence-corrected chi connectivity index (χ3v) is 2.54. The van der Waals surface area contributed by atoms with Crippen molar-refractivity contribution in [3.63, 3.8) is 0 Å². The zero-order valence-electron chi connectivity index (χ0n) is 11.2. The number of imidazole rings is 1. The lowest BCUT2D eigenvalue weighted by Crippen LogP contribution is -2.02. The summed E-state index contributed by atoms with van der Waals surface area (Å²) >= 11 is 0. The Bertz CT molecular complexity index is 547. The van der Waals surface area contributed by atoms with E-state index in [1.807, 2.05) is 19.3 Å². The van der Waals surface area contributed by atoms with Crippen molar-refractivity contribution < 1.29 is 15.0 Å². The molecule has 19 heavy (non-hydrogen) atoms. The predicted octanol–water partition coefficient (Wildman–Crippen LogP) is 2.23. The third-order valence-electron chi connectivity index (χ3n) is 2.54. The van der Waals surface area contributed by atoms with Gasteiger partial charge >= 0.3 is 5.97 Å². The topological polar surface area (TPSA) is 78.2 Å². The number of rotatable bonds is 2. The first-order valence-electron chi connectivity index (χ1n) is 5.92. The summed E-state index contributed by atoms with van der Waals surface area (Å²) in [5.74, 6) is -0.536. The van der Waals surface area contributed by atoms with Gasteiger partial charge in [0, 0.05) is 18.4 Å². The summed E-state index contributed by atoms with van der Waals surface area (Å²) in [4.78, 5) is 14.3. The highest BCUT2D eigenvalue weighted by Crippen LogP contribution is 2.10. The monoisotopic (exact) mass is 261 g/mol. The number of aromatic carboxylic acids is 1. The van der Waals surface area contributed by atoms with Crippen molar-refractivity contribution in [2.24, 2.45) is 0 Å². The first kappa shape index (κ1) is 14.8. The fraction of sp³-hybridized carbons (Fsp3) is 0.286. The maximum atomic E-state index is 10.7. The number of aryl methyl sites for hydroxylation is 1. The van der Waals surface area contributed by atoms with Crippen LogP contribution < -0.4 is 5.11 Å². The Morgan fingerprint density at radius 3 is 2.32 bits per heavy atom. The van der Waals surface area contributed by atoms with E-state index in [1.54, 1.807) is 0 Å². The molecular weight excluding hydrogens is 244 g/mol. The number of nitrogens with zero attached hydrogens (tertiary/aromatic N) is 2. The number of hydrogen-bond donors (Lipinski definition) is 1. The number of carboxylic acid groups (broad SMARTS) is 1. The highest BCUT2D eigenvalue weighted by Gasteiger charge is 1.99. The summed E-state index contributed by atoms with van der Waals surface area (Å²) in [6, 6.07) is 6.07. The predicted molar refractivity (Wildman–Crippen MR) is 70.2 cm³/mol. The van der Waals surface area contributed by atoms with Gasteiger partial charge in [-0.3, -0.25) is 0 Å². The second-order valence-corrected chi connectivity index (χ2v) is 4.28. The van der Waals surface area contributed by atoms with E-state index in [4.69, 9.17) is 5.11 Å². The zero-order valence-corrected chi connectivity index (χ0v) is 11.2. The minimum atomic E-state index is -1.18. The molecule has 1 heterocycles. The molecule has 0 fully saturated rings. The van der Waals surface area contributed by atoms with E-state index in [0.29, 0.717) is 6.04 Å². The van der Waals surface area contributed by atoms with Crippen molar-refractivity contribution in [1.82, 2.24) is 9.55 Å². The van der Waals surface area contributed by atoms with E-state index < -0.39 is 11.7 Å². The van der Waals surface area contributed by atoms with Gasteiger partial charge in [0.05, 0.1) is 5.56 Å². The zero-order chi connectivity index (χ0) is 14.4. The van der Waals surface area contributed by atoms with Crippen molar-refractivity contribution >= 4 is 5.97 Å². The van der Waals surface area contributed by atoms with Crippen LogP contribution in [-0.2, 0) is 0 Å². The number of hydrogen-bond acceptors (Lipinski definition) is 3. The molecule has 0 saturated carbocycles. The Morgan fingerprint density at radius 1 is 1.37 bits per heavy atom. The fourth-order valence-corrected chi connectivity index (χ4v) is 1.58. The molecule has 0 radical (unpaired) electrons. The molecule has 2 aromatic rings. The number of para-hydroxylation sites is 1. The molecule has 5 heteroatoms. The third kappa shape index (κ3) is 4.13. The van der Waals surface area contributed by atoms with Gasteiger partial charge < -0.3 is 14.8 Å². The molecular formula is C14H17N2O3-. The SMILES string of the molecule is Cc1nccn1C(C)C.O=C(O)c1ccccc1[O-]. The Balaban J connectivity index is 0.000000191. The van der Waals surface area contributed by atoms with Crippen LogP contribution in [0.4, 0.5) is 0 Å². The highest BCUT2D eigenvalue weighted by molar-refractivity contribution is 5.90. The molecule has 0 bridgehead atoms. The van der Waals surface area contributed by atoms with Crippen molar-refractivity contribution in [3.05, 3.63) is 48.0 Å². The first-order valence-corrected chi connectivity index (χ1v) is 5.92. The molecule has 0 aliphatic heterocycles. The molecule has 2 rings (SSSR count). The van der Waals surface area contributed by atoms with Gasteiger partial charge in [0.25, 0.3) is 0 Å². The normalized spacial score (nSPS) is 9.89. The Kier molecular flexibility index (Phi) is 5.11. The van der Waals surface area contributed by atoms with E-state index in [-0.39, 0.29) is 5.56 Å². The van der Waals surface area contributed by atoms with Crippen LogP contribution in [-0.4, -0.2) is 20.6 Å². The summed E-state index contributed by atoms with van der Waals surface area (Å²) < 4.78 is 2.14. The van der Waals surface area contributed by atoms with Crippen LogP contribution in [0.2, 0.25) is 0 Å². The summed E-state index contributed by atoms with van der Waals surface area (Å²) in [6.07, 6.45) is 3.83. The Morgan fingerprint density at radius 2 is 2.00 bits per heavy atom. The van der Waals surface area contributed by atoms with Crippen LogP contribution in [0.5, 0.6) is 5.75 Å². The largest absolute Gasteiger partial charge is 0.872 e. The van der Waals surface area contributed by atoms with Crippen molar-refractivity contribution in [2.45, 2.75) is 26.8 Å².